The van der Waals surface area contributed by atoms with Crippen LogP contribution < -0.4 is 4.90 Å². The van der Waals surface area contributed by atoms with Crippen LogP contribution >= 0.6 is 0 Å². The van der Waals surface area contributed by atoms with E-state index < -0.39 is 5.97 Å². The summed E-state index contributed by atoms with van der Waals surface area (Å²) in [6.45, 7) is 2.07. The SMILES string of the molecule is COC(=O)c1n[nH]c2cccc(N3CCCC3)c12. The summed E-state index contributed by atoms with van der Waals surface area (Å²) >= 11 is 0. The molecule has 0 radical (unpaired) electrons. The molecule has 18 heavy (non-hydrogen) atoms. The van der Waals surface area contributed by atoms with Crippen LogP contribution in [-0.4, -0.2) is 36.4 Å². The molecule has 1 saturated heterocycles. The minimum atomic E-state index is -0.395. The first-order valence-corrected chi connectivity index (χ1v) is 6.11. The monoisotopic (exact) mass is 245 g/mol. The molecule has 0 amide bonds. The van der Waals surface area contributed by atoms with Gasteiger partial charge in [-0.15, -0.1) is 0 Å². The van der Waals surface area contributed by atoms with Crippen LogP contribution in [0, 0.1) is 0 Å². The molecule has 0 saturated carbocycles. The van der Waals surface area contributed by atoms with Crippen LogP contribution in [0.15, 0.2) is 18.2 Å². The van der Waals surface area contributed by atoms with E-state index >= 15 is 0 Å². The van der Waals surface area contributed by atoms with Crippen molar-refractivity contribution in [2.45, 2.75) is 12.8 Å². The average molecular weight is 245 g/mol. The number of H-pyrrole nitrogens is 1. The molecule has 2 heterocycles. The maximum absolute atomic E-state index is 11.7. The van der Waals surface area contributed by atoms with Crippen molar-refractivity contribution < 1.29 is 9.53 Å². The first-order valence-electron chi connectivity index (χ1n) is 6.11. The van der Waals surface area contributed by atoms with Crippen LogP contribution in [0.1, 0.15) is 23.3 Å². The van der Waals surface area contributed by atoms with Crippen LogP contribution in [0.2, 0.25) is 0 Å². The number of benzene rings is 1. The minimum Gasteiger partial charge on any atom is -0.464 e. The number of anilines is 1. The Bertz CT molecular complexity index is 585. The van der Waals surface area contributed by atoms with Crippen molar-refractivity contribution in [3.05, 3.63) is 23.9 Å². The van der Waals surface area contributed by atoms with Crippen molar-refractivity contribution in [2.24, 2.45) is 0 Å². The molecule has 1 aliphatic heterocycles. The number of rotatable bonds is 2. The van der Waals surface area contributed by atoms with Crippen molar-refractivity contribution in [3.63, 3.8) is 0 Å². The quantitative estimate of drug-likeness (QED) is 0.821. The molecule has 1 fully saturated rings. The third-order valence-electron chi connectivity index (χ3n) is 3.39. The topological polar surface area (TPSA) is 58.2 Å². The number of aromatic nitrogens is 2. The smallest absolute Gasteiger partial charge is 0.359 e. The summed E-state index contributed by atoms with van der Waals surface area (Å²) in [5.41, 5.74) is 2.31. The van der Waals surface area contributed by atoms with Crippen molar-refractivity contribution in [3.8, 4) is 0 Å². The van der Waals surface area contributed by atoms with Gasteiger partial charge in [-0.05, 0) is 25.0 Å². The van der Waals surface area contributed by atoms with Crippen molar-refractivity contribution in [2.75, 3.05) is 25.1 Å². The van der Waals surface area contributed by atoms with Gasteiger partial charge < -0.3 is 9.64 Å². The van der Waals surface area contributed by atoms with E-state index in [1.165, 1.54) is 20.0 Å². The summed E-state index contributed by atoms with van der Waals surface area (Å²) in [6.07, 6.45) is 2.39. The third-order valence-corrected chi connectivity index (χ3v) is 3.39. The summed E-state index contributed by atoms with van der Waals surface area (Å²) in [6, 6.07) is 5.94. The van der Waals surface area contributed by atoms with Gasteiger partial charge in [-0.1, -0.05) is 6.07 Å². The summed E-state index contributed by atoms with van der Waals surface area (Å²) < 4.78 is 4.78. The number of fused-ring (bicyclic) bond motifs is 1. The summed E-state index contributed by atoms with van der Waals surface area (Å²) in [5, 5.41) is 7.83. The number of carbonyl (C=O) groups is 1. The lowest BCUT2D eigenvalue weighted by atomic mass is 10.1. The Morgan fingerprint density at radius 1 is 1.39 bits per heavy atom. The van der Waals surface area contributed by atoms with Gasteiger partial charge in [0.05, 0.1) is 18.0 Å². The number of methoxy groups -OCH3 is 1. The number of carbonyl (C=O) groups excluding carboxylic acids is 1. The van der Waals surface area contributed by atoms with Gasteiger partial charge in [-0.25, -0.2) is 4.79 Å². The second-order valence-corrected chi connectivity index (χ2v) is 4.46. The molecule has 0 atom stereocenters. The number of nitrogens with one attached hydrogen (secondary N) is 1. The van der Waals surface area contributed by atoms with Crippen LogP contribution in [-0.2, 0) is 4.74 Å². The van der Waals surface area contributed by atoms with Crippen molar-refractivity contribution >= 4 is 22.6 Å². The molecule has 3 rings (SSSR count). The zero-order chi connectivity index (χ0) is 12.5. The largest absolute Gasteiger partial charge is 0.464 e. The lowest BCUT2D eigenvalue weighted by Gasteiger charge is -2.18. The molecule has 5 heteroatoms. The van der Waals surface area contributed by atoms with Gasteiger partial charge >= 0.3 is 5.97 Å². The van der Waals surface area contributed by atoms with Crippen molar-refractivity contribution in [1.29, 1.82) is 0 Å². The van der Waals surface area contributed by atoms with Gasteiger partial charge in [0.25, 0.3) is 0 Å². The van der Waals surface area contributed by atoms with Gasteiger partial charge in [0, 0.05) is 18.8 Å². The molecular weight excluding hydrogens is 230 g/mol. The maximum Gasteiger partial charge on any atom is 0.359 e. The molecule has 0 spiro atoms. The summed E-state index contributed by atoms with van der Waals surface area (Å²) in [5.74, 6) is -0.395. The number of aromatic amines is 1. The number of ether oxygens (including phenoxy) is 1. The molecule has 2 aromatic rings. The Morgan fingerprint density at radius 3 is 2.89 bits per heavy atom. The van der Waals surface area contributed by atoms with E-state index in [0.29, 0.717) is 5.69 Å². The Hall–Kier alpha value is -2.04. The lowest BCUT2D eigenvalue weighted by molar-refractivity contribution is 0.0596. The van der Waals surface area contributed by atoms with E-state index in [-0.39, 0.29) is 0 Å². The fraction of sp³-hybridized carbons (Fsp3) is 0.385. The van der Waals surface area contributed by atoms with Crippen LogP contribution in [0.3, 0.4) is 0 Å². The highest BCUT2D eigenvalue weighted by molar-refractivity contribution is 6.07. The van der Waals surface area contributed by atoms with Gasteiger partial charge in [0.1, 0.15) is 0 Å². The second-order valence-electron chi connectivity index (χ2n) is 4.46. The van der Waals surface area contributed by atoms with Gasteiger partial charge in [0.15, 0.2) is 5.69 Å². The zero-order valence-corrected chi connectivity index (χ0v) is 10.3. The van der Waals surface area contributed by atoms with Gasteiger partial charge in [-0.2, -0.15) is 5.10 Å². The number of hydrogen-bond acceptors (Lipinski definition) is 4. The highest BCUT2D eigenvalue weighted by atomic mass is 16.5. The molecule has 0 unspecified atom stereocenters. The van der Waals surface area contributed by atoms with Gasteiger partial charge in [-0.3, -0.25) is 5.10 Å². The Balaban J connectivity index is 2.17. The molecule has 0 aliphatic carbocycles. The molecule has 1 N–H and O–H groups in total. The van der Waals surface area contributed by atoms with Crippen LogP contribution in [0.5, 0.6) is 0 Å². The maximum atomic E-state index is 11.7. The van der Waals surface area contributed by atoms with Crippen molar-refractivity contribution in [1.82, 2.24) is 10.2 Å². The fourth-order valence-electron chi connectivity index (χ4n) is 2.52. The number of hydrogen-bond donors (Lipinski definition) is 1. The van der Waals surface area contributed by atoms with E-state index in [0.717, 1.165) is 29.7 Å². The Morgan fingerprint density at radius 2 is 2.17 bits per heavy atom. The minimum absolute atomic E-state index is 0.370. The molecule has 1 aliphatic rings. The normalized spacial score (nSPS) is 15.3. The highest BCUT2D eigenvalue weighted by Gasteiger charge is 2.21. The van der Waals surface area contributed by atoms with E-state index in [1.807, 2.05) is 18.2 Å². The molecule has 1 aromatic carbocycles. The Labute approximate surface area is 105 Å². The predicted molar refractivity (Wildman–Crippen MR) is 68.9 cm³/mol. The van der Waals surface area contributed by atoms with E-state index in [1.54, 1.807) is 0 Å². The predicted octanol–water partition coefficient (Wildman–Crippen LogP) is 1.95. The third kappa shape index (κ3) is 1.63. The summed E-state index contributed by atoms with van der Waals surface area (Å²) in [4.78, 5) is 14.0. The highest BCUT2D eigenvalue weighted by Crippen LogP contribution is 2.30. The van der Waals surface area contributed by atoms with Crippen LogP contribution in [0.25, 0.3) is 10.9 Å². The van der Waals surface area contributed by atoms with Crippen LogP contribution in [0.4, 0.5) is 5.69 Å². The second kappa shape index (κ2) is 4.33. The average Bonchev–Trinajstić information content (AvgIpc) is 3.06. The first-order chi connectivity index (χ1) is 8.81. The molecule has 94 valence electrons. The number of nitrogens with zero attached hydrogens (tertiary/aromatic N) is 2. The Kier molecular flexibility index (Phi) is 2.66. The fourth-order valence-corrected chi connectivity index (χ4v) is 2.52. The van der Waals surface area contributed by atoms with E-state index in [2.05, 4.69) is 15.1 Å². The number of esters is 1. The van der Waals surface area contributed by atoms with Gasteiger partial charge in [0.2, 0.25) is 0 Å². The summed E-state index contributed by atoms with van der Waals surface area (Å²) in [7, 11) is 1.38. The molecule has 0 bridgehead atoms. The zero-order valence-electron chi connectivity index (χ0n) is 10.3. The molecular formula is C13H15N3O2. The standard InChI is InChI=1S/C13H15N3O2/c1-18-13(17)12-11-9(14-15-12)5-4-6-10(11)16-7-2-3-8-16/h4-6H,2-3,7-8H2,1H3,(H,14,15). The molecule has 1 aromatic heterocycles. The molecule has 5 nitrogen and oxygen atoms in total. The first kappa shape index (κ1) is 11.1. The lowest BCUT2D eigenvalue weighted by Crippen LogP contribution is -2.18. The van der Waals surface area contributed by atoms with E-state index in [9.17, 15) is 4.79 Å². The van der Waals surface area contributed by atoms with E-state index in [4.69, 9.17) is 4.74 Å².